The van der Waals surface area contributed by atoms with Crippen LogP contribution in [-0.4, -0.2) is 28.7 Å². The molecule has 1 saturated heterocycles. The lowest BCUT2D eigenvalue weighted by atomic mass is 9.86. The molecule has 0 saturated carbocycles. The maximum Gasteiger partial charge on any atom is 0.0826 e. The molecule has 1 fully saturated rings. The highest BCUT2D eigenvalue weighted by atomic mass is 16.3. The van der Waals surface area contributed by atoms with Gasteiger partial charge in [0, 0.05) is 12.6 Å². The van der Waals surface area contributed by atoms with Gasteiger partial charge in [-0.15, -0.1) is 0 Å². The Morgan fingerprint density at radius 1 is 0.760 bits per heavy atom. The first-order valence-corrected chi connectivity index (χ1v) is 8.90. The maximum atomic E-state index is 10.4. The van der Waals surface area contributed by atoms with Gasteiger partial charge in [0.25, 0.3) is 0 Å². The van der Waals surface area contributed by atoms with Crippen molar-refractivity contribution in [3.63, 3.8) is 0 Å². The Labute approximate surface area is 149 Å². The van der Waals surface area contributed by atoms with Gasteiger partial charge in [0.15, 0.2) is 0 Å². The molecule has 4 rings (SSSR count). The Kier molecular flexibility index (Phi) is 4.64. The van der Waals surface area contributed by atoms with Crippen molar-refractivity contribution in [2.45, 2.75) is 24.6 Å². The van der Waals surface area contributed by atoms with Crippen molar-refractivity contribution in [3.05, 3.63) is 108 Å². The minimum absolute atomic E-state index is 0.146. The van der Waals surface area contributed by atoms with Gasteiger partial charge in [0.1, 0.15) is 0 Å². The summed E-state index contributed by atoms with van der Waals surface area (Å²) in [6.45, 7) is 0.714. The molecular formula is C23H23NO. The van der Waals surface area contributed by atoms with Gasteiger partial charge < -0.3 is 5.11 Å². The number of nitrogens with zero attached hydrogens (tertiary/aromatic N) is 1. The molecule has 1 aliphatic rings. The zero-order chi connectivity index (χ0) is 17.1. The van der Waals surface area contributed by atoms with E-state index < -0.39 is 0 Å². The fourth-order valence-electron chi connectivity index (χ4n) is 3.81. The quantitative estimate of drug-likeness (QED) is 0.763. The number of hydrogen-bond acceptors (Lipinski definition) is 2. The first-order valence-electron chi connectivity index (χ1n) is 8.90. The van der Waals surface area contributed by atoms with Crippen LogP contribution in [0.5, 0.6) is 0 Å². The normalized spacial score (nSPS) is 20.4. The van der Waals surface area contributed by atoms with E-state index in [2.05, 4.69) is 89.8 Å². The molecule has 1 aliphatic heterocycles. The summed E-state index contributed by atoms with van der Waals surface area (Å²) in [6, 6.07) is 32.0. The predicted molar refractivity (Wildman–Crippen MR) is 101 cm³/mol. The van der Waals surface area contributed by atoms with E-state index in [1.165, 1.54) is 16.7 Å². The zero-order valence-electron chi connectivity index (χ0n) is 14.2. The summed E-state index contributed by atoms with van der Waals surface area (Å²) in [6.07, 6.45) is 0.605. The number of benzene rings is 3. The van der Waals surface area contributed by atoms with Crippen LogP contribution in [0.25, 0.3) is 0 Å². The molecule has 0 spiro atoms. The Bertz CT molecular complexity index is 749. The highest BCUT2D eigenvalue weighted by Gasteiger charge is 2.42. The van der Waals surface area contributed by atoms with Crippen molar-refractivity contribution in [2.75, 3.05) is 6.54 Å². The molecule has 2 heteroatoms. The van der Waals surface area contributed by atoms with Crippen LogP contribution in [-0.2, 0) is 6.42 Å². The molecule has 1 heterocycles. The van der Waals surface area contributed by atoms with Crippen molar-refractivity contribution in [3.8, 4) is 0 Å². The Morgan fingerprint density at radius 3 is 1.72 bits per heavy atom. The van der Waals surface area contributed by atoms with Crippen LogP contribution in [0.3, 0.4) is 0 Å². The summed E-state index contributed by atoms with van der Waals surface area (Å²) in [4.78, 5) is 2.43. The molecule has 126 valence electrons. The standard InChI is InChI=1S/C23H23NO/c25-22-17-24(21(22)16-18-10-4-1-5-11-18)23(19-12-6-2-7-13-19)20-14-8-3-9-15-20/h1-15,21-23,25H,16-17H2. The monoisotopic (exact) mass is 329 g/mol. The Hall–Kier alpha value is -2.42. The lowest BCUT2D eigenvalue weighted by Gasteiger charge is -2.50. The minimum atomic E-state index is -0.268. The van der Waals surface area contributed by atoms with Gasteiger partial charge in [-0.05, 0) is 23.1 Å². The lowest BCUT2D eigenvalue weighted by Crippen LogP contribution is -2.62. The van der Waals surface area contributed by atoms with Crippen molar-refractivity contribution in [1.29, 1.82) is 0 Å². The molecule has 3 aromatic rings. The highest BCUT2D eigenvalue weighted by Crippen LogP contribution is 2.37. The summed E-state index contributed by atoms with van der Waals surface area (Å²) in [5, 5.41) is 10.4. The molecule has 2 atom stereocenters. The van der Waals surface area contributed by atoms with E-state index in [0.717, 1.165) is 6.42 Å². The van der Waals surface area contributed by atoms with Crippen molar-refractivity contribution in [1.82, 2.24) is 4.90 Å². The SMILES string of the molecule is OC1CN(C(c2ccccc2)c2ccccc2)C1Cc1ccccc1. The third-order valence-electron chi connectivity index (χ3n) is 5.12. The first kappa shape index (κ1) is 16.1. The van der Waals surface area contributed by atoms with Crippen molar-refractivity contribution < 1.29 is 5.11 Å². The van der Waals surface area contributed by atoms with E-state index in [9.17, 15) is 5.11 Å². The molecule has 0 radical (unpaired) electrons. The van der Waals surface area contributed by atoms with E-state index >= 15 is 0 Å². The predicted octanol–water partition coefficient (Wildman–Crippen LogP) is 4.06. The van der Waals surface area contributed by atoms with Gasteiger partial charge >= 0.3 is 0 Å². The van der Waals surface area contributed by atoms with Gasteiger partial charge in [-0.25, -0.2) is 0 Å². The summed E-state index contributed by atoms with van der Waals surface area (Å²) in [5.41, 5.74) is 3.83. The maximum absolute atomic E-state index is 10.4. The van der Waals surface area contributed by atoms with E-state index in [4.69, 9.17) is 0 Å². The van der Waals surface area contributed by atoms with Gasteiger partial charge in [-0.1, -0.05) is 91.0 Å². The molecule has 2 unspecified atom stereocenters. The van der Waals surface area contributed by atoms with Gasteiger partial charge in [0.2, 0.25) is 0 Å². The highest BCUT2D eigenvalue weighted by molar-refractivity contribution is 5.33. The fraction of sp³-hybridized carbons (Fsp3) is 0.217. The largest absolute Gasteiger partial charge is 0.390 e. The zero-order valence-corrected chi connectivity index (χ0v) is 14.2. The topological polar surface area (TPSA) is 23.5 Å². The lowest BCUT2D eigenvalue weighted by molar-refractivity contribution is -0.0777. The van der Waals surface area contributed by atoms with Crippen LogP contribution >= 0.6 is 0 Å². The second-order valence-electron chi connectivity index (χ2n) is 6.75. The molecule has 0 bridgehead atoms. The van der Waals surface area contributed by atoms with Gasteiger partial charge in [-0.3, -0.25) is 4.90 Å². The van der Waals surface area contributed by atoms with E-state index in [1.54, 1.807) is 0 Å². The Morgan fingerprint density at radius 2 is 1.24 bits per heavy atom. The number of likely N-dealkylation sites (tertiary alicyclic amines) is 1. The number of hydrogen-bond donors (Lipinski definition) is 1. The number of rotatable bonds is 5. The molecular weight excluding hydrogens is 306 g/mol. The fourth-order valence-corrected chi connectivity index (χ4v) is 3.81. The average molecular weight is 329 g/mol. The van der Waals surface area contributed by atoms with Crippen molar-refractivity contribution in [2.24, 2.45) is 0 Å². The van der Waals surface area contributed by atoms with Gasteiger partial charge in [-0.2, -0.15) is 0 Å². The minimum Gasteiger partial charge on any atom is -0.390 e. The van der Waals surface area contributed by atoms with Crippen molar-refractivity contribution >= 4 is 0 Å². The van der Waals surface area contributed by atoms with Gasteiger partial charge in [0.05, 0.1) is 12.1 Å². The first-order chi connectivity index (χ1) is 12.3. The number of aliphatic hydroxyl groups excluding tert-OH is 1. The summed E-state index contributed by atoms with van der Waals surface area (Å²) < 4.78 is 0. The Balaban J connectivity index is 1.65. The second-order valence-corrected chi connectivity index (χ2v) is 6.75. The van der Waals surface area contributed by atoms with E-state index in [1.807, 2.05) is 6.07 Å². The molecule has 25 heavy (non-hydrogen) atoms. The van der Waals surface area contributed by atoms with E-state index in [0.29, 0.717) is 6.54 Å². The smallest absolute Gasteiger partial charge is 0.0826 e. The van der Waals surface area contributed by atoms with Crippen LogP contribution in [0.15, 0.2) is 91.0 Å². The van der Waals surface area contributed by atoms with Crippen LogP contribution < -0.4 is 0 Å². The molecule has 0 aliphatic carbocycles. The molecule has 3 aromatic carbocycles. The van der Waals surface area contributed by atoms with Crippen LogP contribution in [0, 0.1) is 0 Å². The number of β-amino-alcohol motifs (C(OH)–C–C–N with tert-alkyl or cyclic N) is 1. The number of aliphatic hydroxyl groups is 1. The average Bonchev–Trinajstić information content (AvgIpc) is 2.68. The van der Waals surface area contributed by atoms with Crippen LogP contribution in [0.4, 0.5) is 0 Å². The summed E-state index contributed by atoms with van der Waals surface area (Å²) >= 11 is 0. The molecule has 0 amide bonds. The van der Waals surface area contributed by atoms with E-state index in [-0.39, 0.29) is 18.2 Å². The third kappa shape index (κ3) is 3.37. The summed E-state index contributed by atoms with van der Waals surface area (Å²) in [7, 11) is 0. The molecule has 2 nitrogen and oxygen atoms in total. The van der Waals surface area contributed by atoms with Crippen LogP contribution in [0.2, 0.25) is 0 Å². The second kappa shape index (κ2) is 7.22. The molecule has 0 aromatic heterocycles. The summed E-state index contributed by atoms with van der Waals surface area (Å²) in [5.74, 6) is 0. The molecule has 1 N–H and O–H groups in total. The third-order valence-corrected chi connectivity index (χ3v) is 5.12. The van der Waals surface area contributed by atoms with Crippen LogP contribution in [0.1, 0.15) is 22.7 Å².